The molecule has 0 bridgehead atoms. The van der Waals surface area contributed by atoms with Crippen LogP contribution in [-0.2, 0) is 9.53 Å². The van der Waals surface area contributed by atoms with Crippen molar-refractivity contribution < 1.29 is 9.53 Å². The van der Waals surface area contributed by atoms with E-state index in [4.69, 9.17) is 4.74 Å². The lowest BCUT2D eigenvalue weighted by atomic mass is 10.3. The van der Waals surface area contributed by atoms with Crippen molar-refractivity contribution >= 4 is 5.97 Å². The maximum Gasteiger partial charge on any atom is 0.332 e. The van der Waals surface area contributed by atoms with Gasteiger partial charge in [0.15, 0.2) is 0 Å². The highest BCUT2D eigenvalue weighted by molar-refractivity contribution is 5.82. The van der Waals surface area contributed by atoms with Crippen molar-refractivity contribution in [1.29, 1.82) is 0 Å². The molecule has 0 rings (SSSR count). The van der Waals surface area contributed by atoms with Crippen molar-refractivity contribution in [3.8, 4) is 0 Å². The zero-order valence-corrected chi connectivity index (χ0v) is 8.96. The summed E-state index contributed by atoms with van der Waals surface area (Å²) < 4.78 is 4.81. The molecule has 0 radical (unpaired) electrons. The summed E-state index contributed by atoms with van der Waals surface area (Å²) in [4.78, 5) is 13.2. The molecule has 0 amide bonds. The zero-order chi connectivity index (χ0) is 10.3. The maximum atomic E-state index is 11.1. The van der Waals surface area contributed by atoms with Gasteiger partial charge >= 0.3 is 5.97 Å². The number of esters is 1. The number of ether oxygens (including phenoxy) is 1. The molecule has 76 valence electrons. The van der Waals surface area contributed by atoms with Crippen molar-refractivity contribution in [3.63, 3.8) is 0 Å². The summed E-state index contributed by atoms with van der Waals surface area (Å²) in [6.07, 6.45) is 1.54. The standard InChI is InChI=1S/C10H19NO2/c1-5-11(6-2)9(4)8-10(12)13-7-3/h8H,5-7H2,1-4H3. The third-order valence-corrected chi connectivity index (χ3v) is 1.88. The van der Waals surface area contributed by atoms with Gasteiger partial charge in [0, 0.05) is 24.9 Å². The van der Waals surface area contributed by atoms with Gasteiger partial charge in [0.2, 0.25) is 0 Å². The SMILES string of the molecule is CCOC(=O)C=C(C)N(CC)CC. The Bertz CT molecular complexity index is 183. The van der Waals surface area contributed by atoms with Crippen LogP contribution in [0.2, 0.25) is 0 Å². The first-order valence-corrected chi connectivity index (χ1v) is 4.75. The first-order chi connectivity index (χ1) is 6.15. The molecular formula is C10H19NO2. The van der Waals surface area contributed by atoms with Gasteiger partial charge in [-0.3, -0.25) is 0 Å². The first-order valence-electron chi connectivity index (χ1n) is 4.75. The van der Waals surface area contributed by atoms with Crippen LogP contribution < -0.4 is 0 Å². The zero-order valence-electron chi connectivity index (χ0n) is 8.96. The van der Waals surface area contributed by atoms with Gasteiger partial charge in [-0.1, -0.05) is 0 Å². The molecule has 3 heteroatoms. The third-order valence-electron chi connectivity index (χ3n) is 1.88. The quantitative estimate of drug-likeness (QED) is 0.483. The van der Waals surface area contributed by atoms with Gasteiger partial charge in [-0.25, -0.2) is 4.79 Å². The lowest BCUT2D eigenvalue weighted by molar-refractivity contribution is -0.137. The molecule has 0 aliphatic carbocycles. The first kappa shape index (κ1) is 12.0. The van der Waals surface area contributed by atoms with Crippen LogP contribution in [0.1, 0.15) is 27.7 Å². The van der Waals surface area contributed by atoms with Crippen LogP contribution in [-0.4, -0.2) is 30.6 Å². The predicted octanol–water partition coefficient (Wildman–Crippen LogP) is 1.80. The van der Waals surface area contributed by atoms with E-state index in [1.165, 1.54) is 6.08 Å². The largest absolute Gasteiger partial charge is 0.463 e. The minimum Gasteiger partial charge on any atom is -0.463 e. The molecule has 0 saturated heterocycles. The Morgan fingerprint density at radius 1 is 1.31 bits per heavy atom. The molecule has 0 saturated carbocycles. The Morgan fingerprint density at radius 2 is 1.85 bits per heavy atom. The van der Waals surface area contributed by atoms with E-state index in [2.05, 4.69) is 18.7 Å². The normalized spacial score (nSPS) is 11.2. The summed E-state index contributed by atoms with van der Waals surface area (Å²) in [7, 11) is 0. The Labute approximate surface area is 80.4 Å². The Hall–Kier alpha value is -0.990. The fourth-order valence-electron chi connectivity index (χ4n) is 1.17. The van der Waals surface area contributed by atoms with Gasteiger partial charge in [-0.05, 0) is 27.7 Å². The average Bonchev–Trinajstić information content (AvgIpc) is 2.06. The molecule has 0 spiro atoms. The predicted molar refractivity (Wildman–Crippen MR) is 53.3 cm³/mol. The van der Waals surface area contributed by atoms with Crippen molar-refractivity contribution in [1.82, 2.24) is 4.90 Å². The molecule has 0 aliphatic heterocycles. The molecule has 0 aromatic rings. The van der Waals surface area contributed by atoms with E-state index in [-0.39, 0.29) is 5.97 Å². The van der Waals surface area contributed by atoms with E-state index in [1.54, 1.807) is 6.92 Å². The van der Waals surface area contributed by atoms with E-state index in [0.29, 0.717) is 6.61 Å². The highest BCUT2D eigenvalue weighted by Crippen LogP contribution is 2.02. The molecule has 0 unspecified atom stereocenters. The molecule has 0 aromatic carbocycles. The molecule has 0 heterocycles. The van der Waals surface area contributed by atoms with Crippen molar-refractivity contribution in [2.24, 2.45) is 0 Å². The van der Waals surface area contributed by atoms with Gasteiger partial charge < -0.3 is 9.64 Å². The highest BCUT2D eigenvalue weighted by Gasteiger charge is 2.02. The summed E-state index contributed by atoms with van der Waals surface area (Å²) in [5.74, 6) is -0.257. The molecule has 0 fully saturated rings. The van der Waals surface area contributed by atoms with Crippen molar-refractivity contribution in [2.45, 2.75) is 27.7 Å². The lowest BCUT2D eigenvalue weighted by Gasteiger charge is -2.20. The summed E-state index contributed by atoms with van der Waals surface area (Å²) in [6.45, 7) is 10.1. The van der Waals surface area contributed by atoms with E-state index in [9.17, 15) is 4.79 Å². The number of carbonyl (C=O) groups is 1. The maximum absolute atomic E-state index is 11.1. The molecular weight excluding hydrogens is 166 g/mol. The summed E-state index contributed by atoms with van der Waals surface area (Å²) in [5.41, 5.74) is 0.962. The summed E-state index contributed by atoms with van der Waals surface area (Å²) >= 11 is 0. The minimum atomic E-state index is -0.257. The molecule has 13 heavy (non-hydrogen) atoms. The molecule has 0 aliphatic rings. The number of hydrogen-bond acceptors (Lipinski definition) is 3. The van der Waals surface area contributed by atoms with E-state index < -0.39 is 0 Å². The van der Waals surface area contributed by atoms with Crippen LogP contribution in [0.3, 0.4) is 0 Å². The molecule has 0 aromatic heterocycles. The van der Waals surface area contributed by atoms with Gasteiger partial charge in [0.1, 0.15) is 0 Å². The molecule has 3 nitrogen and oxygen atoms in total. The number of hydrogen-bond donors (Lipinski definition) is 0. The Kier molecular flexibility index (Phi) is 6.02. The van der Waals surface area contributed by atoms with Gasteiger partial charge in [-0.15, -0.1) is 0 Å². The summed E-state index contributed by atoms with van der Waals surface area (Å²) in [5, 5.41) is 0. The summed E-state index contributed by atoms with van der Waals surface area (Å²) in [6, 6.07) is 0. The number of allylic oxidation sites excluding steroid dienone is 1. The van der Waals surface area contributed by atoms with Crippen LogP contribution in [0, 0.1) is 0 Å². The van der Waals surface area contributed by atoms with E-state index in [1.807, 2.05) is 6.92 Å². The smallest absolute Gasteiger partial charge is 0.332 e. The van der Waals surface area contributed by atoms with Crippen molar-refractivity contribution in [2.75, 3.05) is 19.7 Å². The minimum absolute atomic E-state index is 0.257. The molecule has 0 N–H and O–H groups in total. The van der Waals surface area contributed by atoms with E-state index in [0.717, 1.165) is 18.8 Å². The van der Waals surface area contributed by atoms with Crippen LogP contribution in [0.5, 0.6) is 0 Å². The topological polar surface area (TPSA) is 29.5 Å². The van der Waals surface area contributed by atoms with Crippen LogP contribution in [0.25, 0.3) is 0 Å². The van der Waals surface area contributed by atoms with Crippen LogP contribution in [0.15, 0.2) is 11.8 Å². The van der Waals surface area contributed by atoms with Gasteiger partial charge in [-0.2, -0.15) is 0 Å². The monoisotopic (exact) mass is 185 g/mol. The van der Waals surface area contributed by atoms with Crippen molar-refractivity contribution in [3.05, 3.63) is 11.8 Å². The number of nitrogens with zero attached hydrogens (tertiary/aromatic N) is 1. The molecule has 0 atom stereocenters. The number of rotatable bonds is 5. The second-order valence-electron chi connectivity index (χ2n) is 2.71. The number of carbonyl (C=O) groups excluding carboxylic acids is 1. The second kappa shape index (κ2) is 6.52. The lowest BCUT2D eigenvalue weighted by Crippen LogP contribution is -2.21. The van der Waals surface area contributed by atoms with Gasteiger partial charge in [0.25, 0.3) is 0 Å². The van der Waals surface area contributed by atoms with Gasteiger partial charge in [0.05, 0.1) is 6.61 Å². The second-order valence-corrected chi connectivity index (χ2v) is 2.71. The Morgan fingerprint density at radius 3 is 2.23 bits per heavy atom. The Balaban J connectivity index is 4.20. The van der Waals surface area contributed by atoms with Crippen LogP contribution in [0.4, 0.5) is 0 Å². The van der Waals surface area contributed by atoms with E-state index >= 15 is 0 Å². The fourth-order valence-corrected chi connectivity index (χ4v) is 1.17. The third kappa shape index (κ3) is 4.55. The fraction of sp³-hybridized carbons (Fsp3) is 0.700. The van der Waals surface area contributed by atoms with Crippen LogP contribution >= 0.6 is 0 Å². The highest BCUT2D eigenvalue weighted by atomic mass is 16.5. The average molecular weight is 185 g/mol.